The molecule has 0 aromatic heterocycles. The molecule has 1 saturated heterocycles. The molecule has 0 saturated carbocycles. The third-order valence-electron chi connectivity index (χ3n) is 2.51. The number of nitrogens with zero attached hydrogens (tertiary/aromatic N) is 1. The Morgan fingerprint density at radius 2 is 1.94 bits per heavy atom. The van der Waals surface area contributed by atoms with Gasteiger partial charge in [-0.05, 0) is 11.8 Å². The van der Waals surface area contributed by atoms with Crippen molar-refractivity contribution < 1.29 is 22.7 Å². The molecule has 1 rings (SSSR count). The standard InChI is InChI=1S/C11H18F3NO2/c1-10(2,3)6-8-7-15(4-5-17-8)9(16)11(12,13)14/h8H,4-7H2,1-3H3/t8-/m1/s1. The lowest BCUT2D eigenvalue weighted by molar-refractivity contribution is -0.191. The molecule has 0 radical (unpaired) electrons. The van der Waals surface area contributed by atoms with Crippen LogP contribution in [0.4, 0.5) is 13.2 Å². The first-order valence-corrected chi connectivity index (χ1v) is 5.57. The van der Waals surface area contributed by atoms with Gasteiger partial charge >= 0.3 is 12.1 Å². The summed E-state index contributed by atoms with van der Waals surface area (Å²) in [6.45, 7) is 6.17. The fraction of sp³-hybridized carbons (Fsp3) is 0.909. The summed E-state index contributed by atoms with van der Waals surface area (Å²) in [7, 11) is 0. The Morgan fingerprint density at radius 1 is 1.35 bits per heavy atom. The highest BCUT2D eigenvalue weighted by atomic mass is 19.4. The minimum absolute atomic E-state index is 0.0129. The third-order valence-corrected chi connectivity index (χ3v) is 2.51. The largest absolute Gasteiger partial charge is 0.471 e. The number of rotatable bonds is 1. The van der Waals surface area contributed by atoms with E-state index in [2.05, 4.69) is 0 Å². The molecule has 0 bridgehead atoms. The molecule has 6 heteroatoms. The van der Waals surface area contributed by atoms with Crippen molar-refractivity contribution in [1.82, 2.24) is 4.90 Å². The van der Waals surface area contributed by atoms with Gasteiger partial charge in [-0.2, -0.15) is 13.2 Å². The van der Waals surface area contributed by atoms with E-state index in [1.165, 1.54) is 0 Å². The maximum atomic E-state index is 12.3. The van der Waals surface area contributed by atoms with Crippen molar-refractivity contribution in [3.8, 4) is 0 Å². The van der Waals surface area contributed by atoms with Crippen molar-refractivity contribution in [3.63, 3.8) is 0 Å². The van der Waals surface area contributed by atoms with Crippen LogP contribution in [0.3, 0.4) is 0 Å². The van der Waals surface area contributed by atoms with Crippen molar-refractivity contribution in [2.45, 2.75) is 39.5 Å². The molecule has 1 amide bonds. The van der Waals surface area contributed by atoms with Crippen LogP contribution < -0.4 is 0 Å². The molecule has 17 heavy (non-hydrogen) atoms. The highest BCUT2D eigenvalue weighted by Gasteiger charge is 2.44. The molecule has 1 heterocycles. The van der Waals surface area contributed by atoms with Crippen molar-refractivity contribution in [1.29, 1.82) is 0 Å². The normalized spacial score (nSPS) is 22.7. The van der Waals surface area contributed by atoms with Gasteiger partial charge in [0, 0.05) is 13.1 Å². The van der Waals surface area contributed by atoms with Crippen LogP contribution in [-0.4, -0.2) is 42.8 Å². The second-order valence-corrected chi connectivity index (χ2v) is 5.51. The number of hydrogen-bond donors (Lipinski definition) is 0. The van der Waals surface area contributed by atoms with Crippen LogP contribution in [0.1, 0.15) is 27.2 Å². The number of carbonyl (C=O) groups is 1. The van der Waals surface area contributed by atoms with E-state index in [1.807, 2.05) is 20.8 Å². The summed E-state index contributed by atoms with van der Waals surface area (Å²) in [6, 6.07) is 0. The Kier molecular flexibility index (Phi) is 4.06. The summed E-state index contributed by atoms with van der Waals surface area (Å²) in [6.07, 6.45) is -4.46. The third kappa shape index (κ3) is 4.53. The summed E-state index contributed by atoms with van der Waals surface area (Å²) in [5.41, 5.74) is -0.0328. The van der Waals surface area contributed by atoms with Crippen LogP contribution in [0.2, 0.25) is 0 Å². The van der Waals surface area contributed by atoms with E-state index in [0.717, 1.165) is 4.90 Å². The molecular weight excluding hydrogens is 235 g/mol. The molecule has 0 N–H and O–H groups in total. The Hall–Kier alpha value is -0.780. The molecular formula is C11H18F3NO2. The minimum Gasteiger partial charge on any atom is -0.375 e. The topological polar surface area (TPSA) is 29.5 Å². The lowest BCUT2D eigenvalue weighted by atomic mass is 9.88. The van der Waals surface area contributed by atoms with Crippen molar-refractivity contribution in [2.24, 2.45) is 5.41 Å². The first-order valence-electron chi connectivity index (χ1n) is 5.57. The maximum Gasteiger partial charge on any atom is 0.471 e. The van der Waals surface area contributed by atoms with Gasteiger partial charge in [-0.3, -0.25) is 4.79 Å². The van der Waals surface area contributed by atoms with Crippen LogP contribution in [0.25, 0.3) is 0 Å². The van der Waals surface area contributed by atoms with E-state index >= 15 is 0 Å². The molecule has 0 spiro atoms. The quantitative estimate of drug-likeness (QED) is 0.717. The SMILES string of the molecule is CC(C)(C)C[C@@H]1CN(C(=O)C(F)(F)F)CCO1. The summed E-state index contributed by atoms with van der Waals surface area (Å²) < 4.78 is 42.2. The average molecular weight is 253 g/mol. The van der Waals surface area contributed by atoms with Crippen LogP contribution in [0, 0.1) is 5.41 Å². The zero-order valence-corrected chi connectivity index (χ0v) is 10.3. The van der Waals surface area contributed by atoms with Gasteiger partial charge < -0.3 is 9.64 Å². The maximum absolute atomic E-state index is 12.3. The minimum atomic E-state index is -4.79. The van der Waals surface area contributed by atoms with Crippen LogP contribution in [-0.2, 0) is 9.53 Å². The molecule has 100 valence electrons. The van der Waals surface area contributed by atoms with Crippen LogP contribution in [0.5, 0.6) is 0 Å². The van der Waals surface area contributed by atoms with Crippen molar-refractivity contribution in [3.05, 3.63) is 0 Å². The zero-order chi connectivity index (χ0) is 13.3. The van der Waals surface area contributed by atoms with Gasteiger partial charge in [-0.15, -0.1) is 0 Å². The molecule has 0 aromatic carbocycles. The molecule has 0 aromatic rings. The van der Waals surface area contributed by atoms with Crippen LogP contribution in [0.15, 0.2) is 0 Å². The smallest absolute Gasteiger partial charge is 0.375 e. The number of alkyl halides is 3. The number of carbonyl (C=O) groups excluding carboxylic acids is 1. The first kappa shape index (κ1) is 14.3. The molecule has 0 unspecified atom stereocenters. The predicted octanol–water partition coefficient (Wildman–Crippen LogP) is 2.21. The van der Waals surface area contributed by atoms with Gasteiger partial charge in [0.05, 0.1) is 12.7 Å². The second-order valence-electron chi connectivity index (χ2n) is 5.51. The van der Waals surface area contributed by atoms with E-state index in [4.69, 9.17) is 4.74 Å². The first-order chi connectivity index (χ1) is 7.59. The molecule has 1 fully saturated rings. The fourth-order valence-corrected chi connectivity index (χ4v) is 1.89. The monoisotopic (exact) mass is 253 g/mol. The fourth-order valence-electron chi connectivity index (χ4n) is 1.89. The summed E-state index contributed by atoms with van der Waals surface area (Å²) >= 11 is 0. The predicted molar refractivity (Wildman–Crippen MR) is 56.4 cm³/mol. The van der Waals surface area contributed by atoms with E-state index in [1.54, 1.807) is 0 Å². The second kappa shape index (κ2) is 4.84. The number of ether oxygens (including phenoxy) is 1. The lowest BCUT2D eigenvalue weighted by Gasteiger charge is -2.36. The zero-order valence-electron chi connectivity index (χ0n) is 10.3. The van der Waals surface area contributed by atoms with Gasteiger partial charge in [0.1, 0.15) is 0 Å². The van der Waals surface area contributed by atoms with Crippen molar-refractivity contribution >= 4 is 5.91 Å². The Labute approximate surface area is 98.9 Å². The number of morpholine rings is 1. The van der Waals surface area contributed by atoms with E-state index in [-0.39, 0.29) is 31.2 Å². The number of hydrogen-bond acceptors (Lipinski definition) is 2. The van der Waals surface area contributed by atoms with Crippen molar-refractivity contribution in [2.75, 3.05) is 19.7 Å². The van der Waals surface area contributed by atoms with Gasteiger partial charge in [-0.25, -0.2) is 0 Å². The highest BCUT2D eigenvalue weighted by Crippen LogP contribution is 2.26. The van der Waals surface area contributed by atoms with Crippen LogP contribution >= 0.6 is 0 Å². The molecule has 1 aliphatic rings. The molecule has 1 aliphatic heterocycles. The average Bonchev–Trinajstić information content (AvgIpc) is 2.12. The summed E-state index contributed by atoms with van der Waals surface area (Å²) in [4.78, 5) is 11.9. The van der Waals surface area contributed by atoms with Gasteiger partial charge in [0.15, 0.2) is 0 Å². The van der Waals surface area contributed by atoms with Gasteiger partial charge in [0.2, 0.25) is 0 Å². The van der Waals surface area contributed by atoms with E-state index in [9.17, 15) is 18.0 Å². The molecule has 1 atom stereocenters. The number of amides is 1. The van der Waals surface area contributed by atoms with Gasteiger partial charge in [-0.1, -0.05) is 20.8 Å². The molecule has 3 nitrogen and oxygen atoms in total. The highest BCUT2D eigenvalue weighted by molar-refractivity contribution is 5.81. The Bertz CT molecular complexity index is 283. The Balaban J connectivity index is 2.58. The summed E-state index contributed by atoms with van der Waals surface area (Å²) in [5.74, 6) is -1.76. The van der Waals surface area contributed by atoms with E-state index in [0.29, 0.717) is 6.42 Å². The Morgan fingerprint density at radius 3 is 2.41 bits per heavy atom. The molecule has 0 aliphatic carbocycles. The van der Waals surface area contributed by atoms with E-state index < -0.39 is 12.1 Å². The number of halogens is 3. The lowest BCUT2D eigenvalue weighted by Crippen LogP contribution is -2.50. The van der Waals surface area contributed by atoms with Gasteiger partial charge in [0.25, 0.3) is 0 Å². The summed E-state index contributed by atoms with van der Waals surface area (Å²) in [5, 5.41) is 0.